The van der Waals surface area contributed by atoms with Crippen molar-refractivity contribution in [2.45, 2.75) is 24.8 Å². The molecule has 148 valence electrons. The van der Waals surface area contributed by atoms with E-state index < -0.39 is 5.54 Å². The van der Waals surface area contributed by atoms with Crippen LogP contribution in [0, 0.1) is 5.82 Å². The Bertz CT molecular complexity index is 872. The lowest BCUT2D eigenvalue weighted by atomic mass is 9.78. The lowest BCUT2D eigenvalue weighted by Crippen LogP contribution is -2.59. The molecule has 2 amide bonds. The maximum atomic E-state index is 13.1. The molecule has 1 aromatic carbocycles. The van der Waals surface area contributed by atoms with Gasteiger partial charge >= 0.3 is 0 Å². The molecule has 7 nitrogen and oxygen atoms in total. The number of fused-ring (bicyclic) bond motifs is 2. The van der Waals surface area contributed by atoms with E-state index in [1.807, 2.05) is 4.90 Å². The van der Waals surface area contributed by atoms with Gasteiger partial charge in [0.25, 0.3) is 5.91 Å². The number of benzene rings is 1. The Kier molecular flexibility index (Phi) is 4.89. The molecule has 1 spiro atoms. The highest BCUT2D eigenvalue weighted by Crippen LogP contribution is 2.42. The molecule has 1 saturated heterocycles. The van der Waals surface area contributed by atoms with E-state index in [0.29, 0.717) is 38.0 Å². The predicted octanol–water partition coefficient (Wildman–Crippen LogP) is 1.71. The Morgan fingerprint density at radius 1 is 1.21 bits per heavy atom. The van der Waals surface area contributed by atoms with Crippen molar-refractivity contribution < 1.29 is 18.7 Å². The number of methoxy groups -OCH3 is 1. The molecule has 1 fully saturated rings. The zero-order valence-electron chi connectivity index (χ0n) is 15.8. The normalized spacial score (nSPS) is 18.2. The number of aromatic amines is 1. The van der Waals surface area contributed by atoms with Gasteiger partial charge in [0.1, 0.15) is 12.4 Å². The molecule has 0 unspecified atom stereocenters. The average molecular weight is 386 g/mol. The van der Waals surface area contributed by atoms with Gasteiger partial charge in [-0.05, 0) is 37.1 Å². The van der Waals surface area contributed by atoms with Gasteiger partial charge < -0.3 is 19.5 Å². The lowest BCUT2D eigenvalue weighted by molar-refractivity contribution is -0.145. The predicted molar refractivity (Wildman–Crippen MR) is 99.1 cm³/mol. The monoisotopic (exact) mass is 386 g/mol. The van der Waals surface area contributed by atoms with Crippen molar-refractivity contribution >= 4 is 11.8 Å². The van der Waals surface area contributed by atoms with Crippen LogP contribution in [-0.2, 0) is 21.5 Å². The zero-order valence-corrected chi connectivity index (χ0v) is 15.8. The lowest BCUT2D eigenvalue weighted by Gasteiger charge is -2.50. The van der Waals surface area contributed by atoms with Crippen LogP contribution >= 0.6 is 0 Å². The van der Waals surface area contributed by atoms with Gasteiger partial charge in [-0.1, -0.05) is 0 Å². The van der Waals surface area contributed by atoms with Crippen LogP contribution in [0.3, 0.4) is 0 Å². The Labute approximate surface area is 162 Å². The first-order chi connectivity index (χ1) is 13.5. The summed E-state index contributed by atoms with van der Waals surface area (Å²) in [6, 6.07) is 5.59. The highest BCUT2D eigenvalue weighted by Gasteiger charge is 2.49. The van der Waals surface area contributed by atoms with E-state index in [1.54, 1.807) is 11.2 Å². The molecule has 2 aliphatic rings. The number of amides is 2. The second kappa shape index (κ2) is 7.35. The smallest absolute Gasteiger partial charge is 0.253 e. The number of likely N-dealkylation sites (tertiary alicyclic amines) is 1. The van der Waals surface area contributed by atoms with Crippen molar-refractivity contribution in [2.24, 2.45) is 0 Å². The Balaban J connectivity index is 1.57. The molecule has 0 aliphatic carbocycles. The number of H-pyrrole nitrogens is 1. The third-order valence-corrected chi connectivity index (χ3v) is 5.80. The number of hydrogen-bond donors (Lipinski definition) is 1. The van der Waals surface area contributed by atoms with E-state index in [0.717, 1.165) is 17.8 Å². The van der Waals surface area contributed by atoms with Gasteiger partial charge in [0, 0.05) is 44.4 Å². The zero-order chi connectivity index (χ0) is 19.7. The molecule has 0 atom stereocenters. The molecule has 28 heavy (non-hydrogen) atoms. The molecular weight excluding hydrogens is 363 g/mol. The summed E-state index contributed by atoms with van der Waals surface area (Å²) in [4.78, 5) is 36.9. The van der Waals surface area contributed by atoms with Gasteiger partial charge in [0.2, 0.25) is 5.91 Å². The molecule has 1 N–H and O–H groups in total. The fraction of sp³-hybridized carbons (Fsp3) is 0.450. The molecule has 0 saturated carbocycles. The van der Waals surface area contributed by atoms with Gasteiger partial charge in [0.15, 0.2) is 0 Å². The van der Waals surface area contributed by atoms with Gasteiger partial charge in [-0.15, -0.1) is 0 Å². The number of hydrogen-bond acceptors (Lipinski definition) is 4. The maximum absolute atomic E-state index is 13.1. The molecule has 0 radical (unpaired) electrons. The number of rotatable bonds is 3. The molecule has 1 aromatic heterocycles. The Morgan fingerprint density at radius 3 is 2.61 bits per heavy atom. The van der Waals surface area contributed by atoms with E-state index in [4.69, 9.17) is 4.74 Å². The fourth-order valence-corrected chi connectivity index (χ4v) is 4.40. The number of nitrogens with one attached hydrogen (secondary N) is 1. The highest BCUT2D eigenvalue weighted by molar-refractivity contribution is 5.94. The van der Waals surface area contributed by atoms with Crippen LogP contribution in [0.2, 0.25) is 0 Å². The second-order valence-corrected chi connectivity index (χ2v) is 7.29. The minimum atomic E-state index is -0.525. The largest absolute Gasteiger partial charge is 0.375 e. The molecular formula is C20H23FN4O3. The maximum Gasteiger partial charge on any atom is 0.253 e. The summed E-state index contributed by atoms with van der Waals surface area (Å²) < 4.78 is 18.2. The first-order valence-electron chi connectivity index (χ1n) is 9.42. The van der Waals surface area contributed by atoms with Crippen molar-refractivity contribution in [1.29, 1.82) is 0 Å². The number of nitrogens with zero attached hydrogens (tertiary/aromatic N) is 3. The molecule has 3 heterocycles. The summed E-state index contributed by atoms with van der Waals surface area (Å²) in [7, 11) is 1.51. The first-order valence-corrected chi connectivity index (χ1v) is 9.42. The van der Waals surface area contributed by atoms with Crippen LogP contribution in [0.25, 0.3) is 0 Å². The van der Waals surface area contributed by atoms with Crippen LogP contribution in [0.1, 0.15) is 34.6 Å². The van der Waals surface area contributed by atoms with Crippen molar-refractivity contribution in [3.8, 4) is 0 Å². The third kappa shape index (κ3) is 3.07. The minimum Gasteiger partial charge on any atom is -0.375 e. The van der Waals surface area contributed by atoms with Gasteiger partial charge in [0.05, 0.1) is 17.6 Å². The summed E-state index contributed by atoms with van der Waals surface area (Å²) in [6.07, 6.45) is 3.61. The van der Waals surface area contributed by atoms with Gasteiger partial charge in [-0.3, -0.25) is 9.59 Å². The van der Waals surface area contributed by atoms with Gasteiger partial charge in [-0.25, -0.2) is 9.37 Å². The van der Waals surface area contributed by atoms with E-state index in [1.165, 1.54) is 31.4 Å². The Morgan fingerprint density at radius 2 is 1.93 bits per heavy atom. The highest BCUT2D eigenvalue weighted by atomic mass is 19.1. The number of carbonyl (C=O) groups is 2. The Hall–Kier alpha value is -2.74. The number of ether oxygens (including phenoxy) is 1. The van der Waals surface area contributed by atoms with Crippen molar-refractivity contribution in [3.63, 3.8) is 0 Å². The second-order valence-electron chi connectivity index (χ2n) is 7.29. The van der Waals surface area contributed by atoms with E-state index in [-0.39, 0.29) is 24.2 Å². The number of aromatic nitrogens is 2. The number of halogens is 1. The molecule has 4 rings (SSSR count). The number of carbonyl (C=O) groups excluding carboxylic acids is 2. The fourth-order valence-electron chi connectivity index (χ4n) is 4.40. The molecule has 2 aromatic rings. The van der Waals surface area contributed by atoms with E-state index >= 15 is 0 Å². The van der Waals surface area contributed by atoms with Crippen LogP contribution in [-0.4, -0.2) is 64.9 Å². The van der Waals surface area contributed by atoms with E-state index in [2.05, 4.69) is 9.97 Å². The summed E-state index contributed by atoms with van der Waals surface area (Å²) >= 11 is 0. The summed E-state index contributed by atoms with van der Waals surface area (Å²) in [6.45, 7) is 1.63. The summed E-state index contributed by atoms with van der Waals surface area (Å²) in [5.41, 5.74) is 1.90. The average Bonchev–Trinajstić information content (AvgIpc) is 3.19. The van der Waals surface area contributed by atoms with Crippen LogP contribution < -0.4 is 0 Å². The van der Waals surface area contributed by atoms with Gasteiger partial charge in [-0.2, -0.15) is 0 Å². The summed E-state index contributed by atoms with van der Waals surface area (Å²) in [5, 5.41) is 0. The van der Waals surface area contributed by atoms with Crippen molar-refractivity contribution in [2.75, 3.05) is 33.4 Å². The molecule has 8 heteroatoms. The van der Waals surface area contributed by atoms with Crippen LogP contribution in [0.4, 0.5) is 4.39 Å². The van der Waals surface area contributed by atoms with E-state index in [9.17, 15) is 14.0 Å². The molecule has 2 aliphatic heterocycles. The standard InChI is InChI=1S/C20H23FN4O3/c1-28-12-17(26)25-9-6-16-18(23-13-22-16)20(25)7-10-24(11-8-20)19(27)14-2-4-15(21)5-3-14/h2-5,13H,6-12H2,1H3,(H,22,23). The van der Waals surface area contributed by atoms with Crippen LogP contribution in [0.15, 0.2) is 30.6 Å². The van der Waals surface area contributed by atoms with Crippen molar-refractivity contribution in [1.82, 2.24) is 19.8 Å². The number of imidazole rings is 1. The molecule has 0 bridgehead atoms. The quantitative estimate of drug-likeness (QED) is 0.871. The topological polar surface area (TPSA) is 78.5 Å². The minimum absolute atomic E-state index is 0.0275. The summed E-state index contributed by atoms with van der Waals surface area (Å²) in [5.74, 6) is -0.549. The van der Waals surface area contributed by atoms with Crippen LogP contribution in [0.5, 0.6) is 0 Å². The number of piperidine rings is 1. The van der Waals surface area contributed by atoms with Crippen molar-refractivity contribution in [3.05, 3.63) is 53.4 Å². The first kappa shape index (κ1) is 18.6. The third-order valence-electron chi connectivity index (χ3n) is 5.80. The SMILES string of the molecule is COCC(=O)N1CCc2[nH]cnc2C12CCN(C(=O)c1ccc(F)cc1)CC2.